The van der Waals surface area contributed by atoms with Gasteiger partial charge in [-0.1, -0.05) is 95.0 Å². The van der Waals surface area contributed by atoms with Crippen LogP contribution in [-0.4, -0.2) is 66.2 Å². The third-order valence-corrected chi connectivity index (χ3v) is 9.56. The number of hydrogen-bond acceptors (Lipinski definition) is 8. The summed E-state index contributed by atoms with van der Waals surface area (Å²) in [5.74, 6) is -4.76. The van der Waals surface area contributed by atoms with Gasteiger partial charge in [-0.05, 0) is 74.6 Å². The molecule has 0 spiro atoms. The van der Waals surface area contributed by atoms with Crippen molar-refractivity contribution >= 4 is 35.3 Å². The van der Waals surface area contributed by atoms with Crippen LogP contribution in [0.5, 0.6) is 0 Å². The number of benzene rings is 2. The second kappa shape index (κ2) is 24.8. The number of aryl methyl sites for hydroxylation is 1. The standard InChI is InChI=1S/C42H61N3O8/c1-5-7-9-14-34(28-37(46)33-24-22-32(23-25-33)31-20-18-30(19-21-31)13-8-6-2)41(51)44-35(16-12-17-39(48)49)38(47)27-29(3)40(50)45-36(42(52)53-4)15-10-11-26-43/h18-25,29,34-36H,5-17,26-28,43H2,1-4H3,(H,44,51)(H,45,50)(H,48,49)/t29-,34-,35+,36+/m1/s1. The molecule has 0 aliphatic rings. The predicted molar refractivity (Wildman–Crippen MR) is 206 cm³/mol. The highest BCUT2D eigenvalue weighted by molar-refractivity contribution is 6.00. The Kier molecular flexibility index (Phi) is 20.9. The number of carboxylic acids is 1. The van der Waals surface area contributed by atoms with E-state index in [4.69, 9.17) is 10.5 Å². The predicted octanol–water partition coefficient (Wildman–Crippen LogP) is 6.59. The van der Waals surface area contributed by atoms with Gasteiger partial charge in [0, 0.05) is 36.7 Å². The Morgan fingerprint density at radius 3 is 1.89 bits per heavy atom. The van der Waals surface area contributed by atoms with Gasteiger partial charge in [0.05, 0.1) is 13.2 Å². The number of hydrogen-bond donors (Lipinski definition) is 4. The van der Waals surface area contributed by atoms with Gasteiger partial charge < -0.3 is 26.2 Å². The Bertz CT molecular complexity index is 1460. The number of Topliss-reactive ketones (excluding diaryl/α,β-unsaturated/α-hetero) is 2. The van der Waals surface area contributed by atoms with E-state index in [1.165, 1.54) is 12.7 Å². The number of carbonyl (C=O) groups excluding carboxylic acids is 5. The van der Waals surface area contributed by atoms with Crippen LogP contribution in [-0.2, 0) is 35.1 Å². The second-order valence-electron chi connectivity index (χ2n) is 14.0. The third-order valence-electron chi connectivity index (χ3n) is 9.56. The first-order valence-corrected chi connectivity index (χ1v) is 19.3. The van der Waals surface area contributed by atoms with Crippen LogP contribution in [0.15, 0.2) is 48.5 Å². The van der Waals surface area contributed by atoms with Gasteiger partial charge in [-0.15, -0.1) is 0 Å². The van der Waals surface area contributed by atoms with Crippen LogP contribution >= 0.6 is 0 Å². The van der Waals surface area contributed by atoms with Crippen molar-refractivity contribution in [3.05, 3.63) is 59.7 Å². The molecule has 4 atom stereocenters. The normalized spacial score (nSPS) is 13.3. The van der Waals surface area contributed by atoms with Crippen LogP contribution in [0.4, 0.5) is 0 Å². The van der Waals surface area contributed by atoms with E-state index < -0.39 is 53.5 Å². The van der Waals surface area contributed by atoms with Crippen molar-refractivity contribution in [3.8, 4) is 11.1 Å². The number of aliphatic carboxylic acids is 1. The molecule has 0 bridgehead atoms. The minimum absolute atomic E-state index is 0.0467. The topological polar surface area (TPSA) is 182 Å². The number of rotatable bonds is 27. The van der Waals surface area contributed by atoms with Crippen LogP contribution in [0, 0.1) is 11.8 Å². The fraction of sp³-hybridized carbons (Fsp3) is 0.571. The number of carbonyl (C=O) groups is 6. The Morgan fingerprint density at radius 2 is 1.30 bits per heavy atom. The molecule has 11 nitrogen and oxygen atoms in total. The first-order valence-electron chi connectivity index (χ1n) is 19.3. The summed E-state index contributed by atoms with van der Waals surface area (Å²) in [6.45, 7) is 6.21. The molecule has 2 aromatic carbocycles. The molecule has 0 heterocycles. The number of carboxylic acid groups (broad SMARTS) is 1. The lowest BCUT2D eigenvalue weighted by molar-refractivity contribution is -0.146. The van der Waals surface area contributed by atoms with Gasteiger partial charge >= 0.3 is 11.9 Å². The maximum atomic E-state index is 13.8. The summed E-state index contributed by atoms with van der Waals surface area (Å²) in [5.41, 5.74) is 9.38. The zero-order valence-electron chi connectivity index (χ0n) is 32.1. The number of amides is 2. The SMILES string of the molecule is CCCCC[C@H](CC(=O)c1ccc(-c2ccc(CCCC)cc2)cc1)C(=O)N[C@@H](CCCC(=O)O)C(=O)C[C@@H](C)C(=O)N[C@@H](CCCCN)C(=O)OC. The largest absolute Gasteiger partial charge is 0.481 e. The maximum Gasteiger partial charge on any atom is 0.328 e. The molecular formula is C42H61N3O8. The monoisotopic (exact) mass is 735 g/mol. The Balaban J connectivity index is 2.17. The Labute approximate surface area is 315 Å². The zero-order chi connectivity index (χ0) is 39.2. The molecule has 2 aromatic rings. The molecule has 0 radical (unpaired) electrons. The summed E-state index contributed by atoms with van der Waals surface area (Å²) in [7, 11) is 1.23. The molecule has 0 saturated heterocycles. The van der Waals surface area contributed by atoms with E-state index >= 15 is 0 Å². The molecule has 2 amide bonds. The quantitative estimate of drug-likeness (QED) is 0.0447. The highest BCUT2D eigenvalue weighted by atomic mass is 16.5. The fourth-order valence-corrected chi connectivity index (χ4v) is 6.20. The van der Waals surface area contributed by atoms with Crippen molar-refractivity contribution in [1.82, 2.24) is 10.6 Å². The molecule has 2 rings (SSSR count). The van der Waals surface area contributed by atoms with Crippen molar-refractivity contribution < 1.29 is 38.6 Å². The van der Waals surface area contributed by atoms with E-state index in [0.29, 0.717) is 37.8 Å². The summed E-state index contributed by atoms with van der Waals surface area (Å²) >= 11 is 0. The van der Waals surface area contributed by atoms with Crippen molar-refractivity contribution in [2.24, 2.45) is 17.6 Å². The van der Waals surface area contributed by atoms with Gasteiger partial charge in [0.15, 0.2) is 11.6 Å². The number of ether oxygens (including phenoxy) is 1. The van der Waals surface area contributed by atoms with Gasteiger partial charge in [-0.3, -0.25) is 24.0 Å². The number of nitrogens with one attached hydrogen (secondary N) is 2. The van der Waals surface area contributed by atoms with Crippen LogP contribution in [0.2, 0.25) is 0 Å². The van der Waals surface area contributed by atoms with Crippen LogP contribution in [0.3, 0.4) is 0 Å². The van der Waals surface area contributed by atoms with Crippen LogP contribution < -0.4 is 16.4 Å². The lowest BCUT2D eigenvalue weighted by Crippen LogP contribution is -2.47. The molecule has 11 heteroatoms. The number of methoxy groups -OCH3 is 1. The van der Waals surface area contributed by atoms with E-state index in [1.54, 1.807) is 19.1 Å². The van der Waals surface area contributed by atoms with Gasteiger partial charge in [-0.25, -0.2) is 4.79 Å². The highest BCUT2D eigenvalue weighted by Gasteiger charge is 2.30. The molecule has 0 saturated carbocycles. The van der Waals surface area contributed by atoms with Crippen molar-refractivity contribution in [1.29, 1.82) is 0 Å². The average molecular weight is 736 g/mol. The minimum atomic E-state index is -1.05. The van der Waals surface area contributed by atoms with Gasteiger partial charge in [0.2, 0.25) is 11.8 Å². The lowest BCUT2D eigenvalue weighted by Gasteiger charge is -2.24. The summed E-state index contributed by atoms with van der Waals surface area (Å²) in [5, 5.41) is 14.7. The van der Waals surface area contributed by atoms with Crippen molar-refractivity contribution in [2.45, 2.75) is 129 Å². The van der Waals surface area contributed by atoms with Gasteiger partial charge in [0.25, 0.3) is 0 Å². The van der Waals surface area contributed by atoms with Gasteiger partial charge in [0.1, 0.15) is 6.04 Å². The fourth-order valence-electron chi connectivity index (χ4n) is 6.20. The molecule has 0 aliphatic carbocycles. The summed E-state index contributed by atoms with van der Waals surface area (Å²) < 4.78 is 4.83. The summed E-state index contributed by atoms with van der Waals surface area (Å²) in [6.07, 6.45) is 7.59. The van der Waals surface area contributed by atoms with Crippen LogP contribution in [0.1, 0.15) is 127 Å². The van der Waals surface area contributed by atoms with E-state index in [-0.39, 0.29) is 37.9 Å². The third kappa shape index (κ3) is 16.4. The smallest absolute Gasteiger partial charge is 0.328 e. The molecule has 0 unspecified atom stereocenters. The van der Waals surface area contributed by atoms with E-state index in [9.17, 15) is 33.9 Å². The molecule has 292 valence electrons. The van der Waals surface area contributed by atoms with Crippen LogP contribution in [0.25, 0.3) is 11.1 Å². The number of unbranched alkanes of at least 4 members (excludes halogenated alkanes) is 4. The number of esters is 1. The highest BCUT2D eigenvalue weighted by Crippen LogP contribution is 2.24. The molecule has 5 N–H and O–H groups in total. The molecule has 0 aromatic heterocycles. The first-order chi connectivity index (χ1) is 25.4. The molecule has 0 aliphatic heterocycles. The van der Waals surface area contributed by atoms with E-state index in [2.05, 4.69) is 41.8 Å². The van der Waals surface area contributed by atoms with E-state index in [0.717, 1.165) is 49.7 Å². The zero-order valence-corrected chi connectivity index (χ0v) is 32.1. The van der Waals surface area contributed by atoms with E-state index in [1.807, 2.05) is 19.1 Å². The van der Waals surface area contributed by atoms with Crippen molar-refractivity contribution in [3.63, 3.8) is 0 Å². The molecule has 0 fully saturated rings. The maximum absolute atomic E-state index is 13.8. The minimum Gasteiger partial charge on any atom is -0.481 e. The average Bonchev–Trinajstić information content (AvgIpc) is 3.15. The number of nitrogens with two attached hydrogens (primary N) is 1. The van der Waals surface area contributed by atoms with Crippen molar-refractivity contribution in [2.75, 3.05) is 13.7 Å². The summed E-state index contributed by atoms with van der Waals surface area (Å²) in [6, 6.07) is 13.9. The van der Waals surface area contributed by atoms with Gasteiger partial charge in [-0.2, -0.15) is 0 Å². The number of ketones is 2. The summed E-state index contributed by atoms with van der Waals surface area (Å²) in [4.78, 5) is 77.5. The molecular weight excluding hydrogens is 674 g/mol. The second-order valence-corrected chi connectivity index (χ2v) is 14.0. The first kappa shape index (κ1) is 44.8. The Hall–Kier alpha value is -4.38. The lowest BCUT2D eigenvalue weighted by atomic mass is 9.90. The molecule has 53 heavy (non-hydrogen) atoms. The Morgan fingerprint density at radius 1 is 0.717 bits per heavy atom.